The SMILES string of the molecule is CN=C(NCCOc1cccc(C)c1)NCc1cc(F)ccc1CS(C)(=O)=O. The van der Waals surface area contributed by atoms with Crippen molar-refractivity contribution in [3.63, 3.8) is 0 Å². The van der Waals surface area contributed by atoms with Crippen molar-refractivity contribution in [2.24, 2.45) is 4.99 Å². The van der Waals surface area contributed by atoms with E-state index in [1.165, 1.54) is 18.2 Å². The summed E-state index contributed by atoms with van der Waals surface area (Å²) in [5.41, 5.74) is 2.27. The predicted molar refractivity (Wildman–Crippen MR) is 110 cm³/mol. The zero-order chi connectivity index (χ0) is 20.6. The molecular formula is C20H26FN3O3S. The third-order valence-electron chi connectivity index (χ3n) is 3.91. The summed E-state index contributed by atoms with van der Waals surface area (Å²) in [5, 5.41) is 6.18. The molecular weight excluding hydrogens is 381 g/mol. The van der Waals surface area contributed by atoms with Crippen molar-refractivity contribution in [1.82, 2.24) is 10.6 Å². The summed E-state index contributed by atoms with van der Waals surface area (Å²) in [6.07, 6.45) is 1.16. The highest BCUT2D eigenvalue weighted by atomic mass is 32.2. The van der Waals surface area contributed by atoms with Crippen LogP contribution in [0.5, 0.6) is 5.75 Å². The topological polar surface area (TPSA) is 79.8 Å². The third-order valence-corrected chi connectivity index (χ3v) is 4.74. The Kier molecular flexibility index (Phi) is 7.80. The monoisotopic (exact) mass is 407 g/mol. The number of hydrogen-bond acceptors (Lipinski definition) is 4. The molecule has 28 heavy (non-hydrogen) atoms. The Bertz CT molecular complexity index is 930. The number of hydrogen-bond donors (Lipinski definition) is 2. The fraction of sp³-hybridized carbons (Fsp3) is 0.350. The van der Waals surface area contributed by atoms with E-state index >= 15 is 0 Å². The van der Waals surface area contributed by atoms with Gasteiger partial charge in [0.15, 0.2) is 15.8 Å². The summed E-state index contributed by atoms with van der Waals surface area (Å²) in [5.74, 6) is 0.765. The maximum atomic E-state index is 13.6. The Morgan fingerprint density at radius 2 is 1.93 bits per heavy atom. The zero-order valence-corrected chi connectivity index (χ0v) is 17.1. The quantitative estimate of drug-likeness (QED) is 0.399. The molecule has 0 amide bonds. The van der Waals surface area contributed by atoms with Crippen LogP contribution in [0.2, 0.25) is 0 Å². The number of ether oxygens (including phenoxy) is 1. The second-order valence-electron chi connectivity index (χ2n) is 6.50. The smallest absolute Gasteiger partial charge is 0.191 e. The minimum atomic E-state index is -3.22. The molecule has 0 saturated carbocycles. The highest BCUT2D eigenvalue weighted by molar-refractivity contribution is 7.89. The number of nitrogens with zero attached hydrogens (tertiary/aromatic N) is 1. The molecule has 8 heteroatoms. The highest BCUT2D eigenvalue weighted by Gasteiger charge is 2.11. The number of halogens is 1. The molecule has 0 heterocycles. The van der Waals surface area contributed by atoms with E-state index in [0.717, 1.165) is 17.6 Å². The van der Waals surface area contributed by atoms with Gasteiger partial charge in [0.1, 0.15) is 18.2 Å². The fourth-order valence-electron chi connectivity index (χ4n) is 2.63. The molecule has 0 aliphatic carbocycles. The van der Waals surface area contributed by atoms with E-state index in [9.17, 15) is 12.8 Å². The van der Waals surface area contributed by atoms with Crippen LogP contribution in [-0.4, -0.2) is 40.8 Å². The maximum absolute atomic E-state index is 13.6. The molecule has 0 spiro atoms. The van der Waals surface area contributed by atoms with Gasteiger partial charge in [0, 0.05) is 19.8 Å². The standard InChI is InChI=1S/C20H26FN3O3S/c1-15-5-4-6-19(11-15)27-10-9-23-20(22-2)24-13-17-12-18(21)8-7-16(17)14-28(3,25)26/h4-8,11-12H,9-10,13-14H2,1-3H3,(H2,22,23,24). The maximum Gasteiger partial charge on any atom is 0.191 e. The summed E-state index contributed by atoms with van der Waals surface area (Å²) < 4.78 is 42.4. The number of rotatable bonds is 8. The minimum Gasteiger partial charge on any atom is -0.492 e. The number of nitrogens with one attached hydrogen (secondary N) is 2. The summed E-state index contributed by atoms with van der Waals surface area (Å²) in [6, 6.07) is 11.9. The molecule has 0 bridgehead atoms. The predicted octanol–water partition coefficient (Wildman–Crippen LogP) is 2.42. The van der Waals surface area contributed by atoms with Gasteiger partial charge in [0.25, 0.3) is 0 Å². The lowest BCUT2D eigenvalue weighted by Gasteiger charge is -2.14. The Labute approximate surface area is 165 Å². The zero-order valence-electron chi connectivity index (χ0n) is 16.3. The van der Waals surface area contributed by atoms with E-state index in [1.54, 1.807) is 7.05 Å². The van der Waals surface area contributed by atoms with Gasteiger partial charge in [-0.25, -0.2) is 12.8 Å². The van der Waals surface area contributed by atoms with Gasteiger partial charge in [-0.1, -0.05) is 18.2 Å². The second kappa shape index (κ2) is 10.1. The Balaban J connectivity index is 1.87. The van der Waals surface area contributed by atoms with E-state index in [2.05, 4.69) is 15.6 Å². The molecule has 0 aliphatic rings. The minimum absolute atomic E-state index is 0.138. The van der Waals surface area contributed by atoms with Crippen molar-refractivity contribution in [3.05, 3.63) is 65.0 Å². The highest BCUT2D eigenvalue weighted by Crippen LogP contribution is 2.14. The van der Waals surface area contributed by atoms with Crippen LogP contribution >= 0.6 is 0 Å². The molecule has 6 nitrogen and oxygen atoms in total. The lowest BCUT2D eigenvalue weighted by molar-refractivity contribution is 0.321. The summed E-state index contributed by atoms with van der Waals surface area (Å²) in [4.78, 5) is 4.12. The van der Waals surface area contributed by atoms with Crippen LogP contribution in [0, 0.1) is 12.7 Å². The molecule has 2 N–H and O–H groups in total. The van der Waals surface area contributed by atoms with Crippen molar-refractivity contribution in [2.45, 2.75) is 19.2 Å². The molecule has 0 saturated heterocycles. The van der Waals surface area contributed by atoms with E-state index in [4.69, 9.17) is 4.74 Å². The van der Waals surface area contributed by atoms with Gasteiger partial charge >= 0.3 is 0 Å². The first-order valence-corrected chi connectivity index (χ1v) is 10.9. The average Bonchev–Trinajstić information content (AvgIpc) is 2.62. The van der Waals surface area contributed by atoms with E-state index in [1.807, 2.05) is 31.2 Å². The fourth-order valence-corrected chi connectivity index (χ4v) is 3.47. The van der Waals surface area contributed by atoms with Gasteiger partial charge in [-0.05, 0) is 47.9 Å². The first kappa shape index (κ1) is 21.7. The largest absolute Gasteiger partial charge is 0.492 e. The first-order valence-electron chi connectivity index (χ1n) is 8.86. The summed E-state index contributed by atoms with van der Waals surface area (Å²) >= 11 is 0. The number of guanidine groups is 1. The second-order valence-corrected chi connectivity index (χ2v) is 8.64. The van der Waals surface area contributed by atoms with E-state index < -0.39 is 15.7 Å². The molecule has 0 fully saturated rings. The van der Waals surface area contributed by atoms with Crippen LogP contribution in [0.3, 0.4) is 0 Å². The normalized spacial score (nSPS) is 11.9. The molecule has 2 rings (SSSR count). The molecule has 0 radical (unpaired) electrons. The lowest BCUT2D eigenvalue weighted by Crippen LogP contribution is -2.39. The Morgan fingerprint density at radius 1 is 1.14 bits per heavy atom. The van der Waals surface area contributed by atoms with Crippen LogP contribution in [0.15, 0.2) is 47.5 Å². The first-order chi connectivity index (χ1) is 13.3. The van der Waals surface area contributed by atoms with Gasteiger partial charge in [-0.2, -0.15) is 0 Å². The van der Waals surface area contributed by atoms with Gasteiger partial charge < -0.3 is 15.4 Å². The van der Waals surface area contributed by atoms with Crippen LogP contribution < -0.4 is 15.4 Å². The van der Waals surface area contributed by atoms with Gasteiger partial charge in [0.2, 0.25) is 0 Å². The third kappa shape index (κ3) is 7.56. The van der Waals surface area contributed by atoms with Gasteiger partial charge in [-0.3, -0.25) is 4.99 Å². The van der Waals surface area contributed by atoms with Crippen LogP contribution in [0.1, 0.15) is 16.7 Å². The van der Waals surface area contributed by atoms with Gasteiger partial charge in [0.05, 0.1) is 12.3 Å². The molecule has 2 aromatic carbocycles. The van der Waals surface area contributed by atoms with Crippen molar-refractivity contribution >= 4 is 15.8 Å². The summed E-state index contributed by atoms with van der Waals surface area (Å²) in [6.45, 7) is 3.22. The molecule has 0 aliphatic heterocycles. The lowest BCUT2D eigenvalue weighted by atomic mass is 10.1. The van der Waals surface area contributed by atoms with Crippen LogP contribution in [0.4, 0.5) is 4.39 Å². The van der Waals surface area contributed by atoms with Crippen molar-refractivity contribution < 1.29 is 17.5 Å². The molecule has 0 atom stereocenters. The number of aryl methyl sites for hydroxylation is 1. The average molecular weight is 408 g/mol. The van der Waals surface area contributed by atoms with Gasteiger partial charge in [-0.15, -0.1) is 0 Å². The molecule has 0 unspecified atom stereocenters. The van der Waals surface area contributed by atoms with E-state index in [-0.39, 0.29) is 12.3 Å². The number of benzene rings is 2. The number of sulfone groups is 1. The van der Waals surface area contributed by atoms with Crippen LogP contribution in [-0.2, 0) is 22.1 Å². The van der Waals surface area contributed by atoms with Crippen molar-refractivity contribution in [3.8, 4) is 5.75 Å². The molecule has 152 valence electrons. The summed E-state index contributed by atoms with van der Waals surface area (Å²) in [7, 11) is -1.59. The van der Waals surface area contributed by atoms with E-state index in [0.29, 0.717) is 30.2 Å². The molecule has 0 aromatic heterocycles. The number of aliphatic imine (C=N–C) groups is 1. The molecule has 2 aromatic rings. The Morgan fingerprint density at radius 3 is 2.61 bits per heavy atom. The van der Waals surface area contributed by atoms with Crippen LogP contribution in [0.25, 0.3) is 0 Å². The Hall–Kier alpha value is -2.61. The van der Waals surface area contributed by atoms with Crippen molar-refractivity contribution in [1.29, 1.82) is 0 Å². The van der Waals surface area contributed by atoms with Crippen molar-refractivity contribution in [2.75, 3.05) is 26.5 Å².